The lowest BCUT2D eigenvalue weighted by molar-refractivity contribution is -0.134. The van der Waals surface area contributed by atoms with Gasteiger partial charge in [-0.05, 0) is 36.6 Å². The number of rotatable bonds is 3. The third-order valence-corrected chi connectivity index (χ3v) is 6.47. The Morgan fingerprint density at radius 2 is 1.88 bits per heavy atom. The van der Waals surface area contributed by atoms with E-state index in [9.17, 15) is 9.18 Å². The van der Waals surface area contributed by atoms with Crippen molar-refractivity contribution < 1.29 is 9.18 Å². The maximum atomic E-state index is 13.3. The van der Waals surface area contributed by atoms with E-state index >= 15 is 0 Å². The molecular formula is C19H17ClFNOS. The molecule has 24 heavy (non-hydrogen) atoms. The fraction of sp³-hybridized carbons (Fsp3) is 0.316. The highest BCUT2D eigenvalue weighted by Gasteiger charge is 2.54. The maximum absolute atomic E-state index is 13.3. The van der Waals surface area contributed by atoms with E-state index in [1.165, 1.54) is 12.1 Å². The van der Waals surface area contributed by atoms with Gasteiger partial charge >= 0.3 is 0 Å². The Morgan fingerprint density at radius 3 is 2.54 bits per heavy atom. The first-order chi connectivity index (χ1) is 11.6. The summed E-state index contributed by atoms with van der Waals surface area (Å²) >= 11 is 8.09. The molecule has 1 aliphatic carbocycles. The smallest absolute Gasteiger partial charge is 0.234 e. The van der Waals surface area contributed by atoms with Crippen LogP contribution in [0.4, 0.5) is 4.39 Å². The molecule has 0 bridgehead atoms. The Kier molecular flexibility index (Phi) is 4.05. The largest absolute Gasteiger partial charge is 0.325 e. The lowest BCUT2D eigenvalue weighted by atomic mass is 9.94. The van der Waals surface area contributed by atoms with Crippen molar-refractivity contribution in [2.45, 2.75) is 23.6 Å². The van der Waals surface area contributed by atoms with Crippen molar-refractivity contribution >= 4 is 29.3 Å². The van der Waals surface area contributed by atoms with Crippen LogP contribution in [0.3, 0.4) is 0 Å². The number of nitrogens with zero attached hydrogens (tertiary/aromatic N) is 1. The van der Waals surface area contributed by atoms with Gasteiger partial charge in [0.2, 0.25) is 5.91 Å². The van der Waals surface area contributed by atoms with Crippen LogP contribution in [0.15, 0.2) is 48.5 Å². The van der Waals surface area contributed by atoms with Gasteiger partial charge in [-0.3, -0.25) is 4.79 Å². The van der Waals surface area contributed by atoms with Crippen LogP contribution in [0.25, 0.3) is 0 Å². The molecular weight excluding hydrogens is 345 g/mol. The minimum Gasteiger partial charge on any atom is -0.325 e. The number of hydrogen-bond acceptors (Lipinski definition) is 2. The molecule has 1 unspecified atom stereocenters. The highest BCUT2D eigenvalue weighted by molar-refractivity contribution is 7.99. The molecule has 0 N–H and O–H groups in total. The molecule has 1 heterocycles. The van der Waals surface area contributed by atoms with Crippen molar-refractivity contribution in [2.75, 3.05) is 12.3 Å². The van der Waals surface area contributed by atoms with Crippen LogP contribution in [-0.4, -0.2) is 23.1 Å². The summed E-state index contributed by atoms with van der Waals surface area (Å²) in [4.78, 5) is 15.2. The van der Waals surface area contributed by atoms with Gasteiger partial charge in [0.25, 0.3) is 0 Å². The normalized spacial score (nSPS) is 21.8. The minimum atomic E-state index is -0.474. The first kappa shape index (κ1) is 16.0. The van der Waals surface area contributed by atoms with Gasteiger partial charge in [-0.1, -0.05) is 41.9 Å². The van der Waals surface area contributed by atoms with E-state index in [0.717, 1.165) is 36.3 Å². The maximum Gasteiger partial charge on any atom is 0.234 e. The van der Waals surface area contributed by atoms with E-state index in [1.807, 2.05) is 29.2 Å². The second kappa shape index (κ2) is 6.08. The molecule has 4 rings (SSSR count). The Balaban J connectivity index is 1.64. The molecule has 0 radical (unpaired) electrons. The monoisotopic (exact) mass is 361 g/mol. The summed E-state index contributed by atoms with van der Waals surface area (Å²) in [6.45, 7) is 0.725. The average Bonchev–Trinajstić information content (AvgIpc) is 3.26. The van der Waals surface area contributed by atoms with Crippen molar-refractivity contribution in [3.05, 3.63) is 70.5 Å². The Labute approximate surface area is 150 Å². The third kappa shape index (κ3) is 2.62. The van der Waals surface area contributed by atoms with Crippen molar-refractivity contribution in [1.29, 1.82) is 0 Å². The summed E-state index contributed by atoms with van der Waals surface area (Å²) in [6, 6.07) is 14.1. The molecule has 5 heteroatoms. The van der Waals surface area contributed by atoms with E-state index < -0.39 is 5.41 Å². The number of carbonyl (C=O) groups excluding carboxylic acids is 1. The van der Waals surface area contributed by atoms with Gasteiger partial charge < -0.3 is 4.90 Å². The van der Waals surface area contributed by atoms with Crippen LogP contribution in [0.1, 0.15) is 29.3 Å². The highest BCUT2D eigenvalue weighted by Crippen LogP contribution is 2.52. The number of halogens is 2. The lowest BCUT2D eigenvalue weighted by Gasteiger charge is -2.29. The predicted molar refractivity (Wildman–Crippen MR) is 95.7 cm³/mol. The standard InChI is InChI=1S/C19H17ClFNOS/c20-16-4-2-1-3-15(16)17-22(11-12-24-17)18(23)19(9-10-19)13-5-7-14(21)8-6-13/h1-8,17H,9-12H2. The van der Waals surface area contributed by atoms with Gasteiger partial charge in [0.15, 0.2) is 0 Å². The Hall–Kier alpha value is -1.52. The molecule has 1 aliphatic heterocycles. The molecule has 0 spiro atoms. The molecule has 124 valence electrons. The van der Waals surface area contributed by atoms with E-state index in [0.29, 0.717) is 5.02 Å². The van der Waals surface area contributed by atoms with Gasteiger partial charge in [-0.2, -0.15) is 0 Å². The second-order valence-corrected chi connectivity index (χ2v) is 7.93. The zero-order valence-corrected chi connectivity index (χ0v) is 14.6. The minimum absolute atomic E-state index is 0.0378. The first-order valence-corrected chi connectivity index (χ1v) is 9.48. The van der Waals surface area contributed by atoms with E-state index in [2.05, 4.69) is 0 Å². The lowest BCUT2D eigenvalue weighted by Crippen LogP contribution is -2.38. The summed E-state index contributed by atoms with van der Waals surface area (Å²) in [6.07, 6.45) is 1.65. The first-order valence-electron chi connectivity index (χ1n) is 8.05. The number of thioether (sulfide) groups is 1. The van der Waals surface area contributed by atoms with E-state index in [4.69, 9.17) is 11.6 Å². The molecule has 2 aromatic rings. The fourth-order valence-corrected chi connectivity index (χ4v) is 5.00. The third-order valence-electron chi connectivity index (χ3n) is 4.88. The molecule has 0 aromatic heterocycles. The van der Waals surface area contributed by atoms with Crippen LogP contribution in [0, 0.1) is 5.82 Å². The molecule has 2 nitrogen and oxygen atoms in total. The molecule has 2 fully saturated rings. The second-order valence-electron chi connectivity index (χ2n) is 6.33. The zero-order valence-electron chi connectivity index (χ0n) is 13.0. The molecule has 2 aliphatic rings. The van der Waals surface area contributed by atoms with Crippen LogP contribution < -0.4 is 0 Å². The van der Waals surface area contributed by atoms with Gasteiger partial charge in [0.05, 0.1) is 5.41 Å². The number of benzene rings is 2. The highest BCUT2D eigenvalue weighted by atomic mass is 35.5. The molecule has 2 aromatic carbocycles. The van der Waals surface area contributed by atoms with Gasteiger partial charge in [-0.25, -0.2) is 4.39 Å². The Bertz CT molecular complexity index is 775. The van der Waals surface area contributed by atoms with Gasteiger partial charge in [-0.15, -0.1) is 11.8 Å². The summed E-state index contributed by atoms with van der Waals surface area (Å²) < 4.78 is 13.2. The Morgan fingerprint density at radius 1 is 1.17 bits per heavy atom. The quantitative estimate of drug-likeness (QED) is 0.783. The van der Waals surface area contributed by atoms with E-state index in [-0.39, 0.29) is 17.1 Å². The van der Waals surface area contributed by atoms with Crippen LogP contribution in [0.5, 0.6) is 0 Å². The van der Waals surface area contributed by atoms with Gasteiger partial charge in [0.1, 0.15) is 11.2 Å². The summed E-state index contributed by atoms with van der Waals surface area (Å²) in [5.74, 6) is 0.776. The number of hydrogen-bond donors (Lipinski definition) is 0. The SMILES string of the molecule is O=C(N1CCSC1c1ccccc1Cl)C1(c2ccc(F)cc2)CC1. The van der Waals surface area contributed by atoms with Crippen molar-refractivity contribution in [3.8, 4) is 0 Å². The van der Waals surface area contributed by atoms with E-state index in [1.54, 1.807) is 23.9 Å². The average molecular weight is 362 g/mol. The molecule has 1 atom stereocenters. The molecule has 1 amide bonds. The zero-order chi connectivity index (χ0) is 16.7. The number of carbonyl (C=O) groups is 1. The fourth-order valence-electron chi connectivity index (χ4n) is 3.41. The summed E-state index contributed by atoms with van der Waals surface area (Å²) in [5, 5.41) is 0.658. The van der Waals surface area contributed by atoms with Crippen molar-refractivity contribution in [3.63, 3.8) is 0 Å². The summed E-state index contributed by atoms with van der Waals surface area (Å²) in [7, 11) is 0. The van der Waals surface area contributed by atoms with Crippen LogP contribution in [0.2, 0.25) is 5.02 Å². The number of amides is 1. The molecule has 1 saturated carbocycles. The summed E-state index contributed by atoms with van der Waals surface area (Å²) in [5.41, 5.74) is 1.44. The van der Waals surface area contributed by atoms with Crippen molar-refractivity contribution in [2.24, 2.45) is 0 Å². The predicted octanol–water partition coefficient (Wildman–Crippen LogP) is 4.78. The van der Waals surface area contributed by atoms with Crippen LogP contribution in [-0.2, 0) is 10.2 Å². The van der Waals surface area contributed by atoms with Crippen LogP contribution >= 0.6 is 23.4 Å². The molecule has 1 saturated heterocycles. The van der Waals surface area contributed by atoms with Crippen molar-refractivity contribution in [1.82, 2.24) is 4.90 Å². The topological polar surface area (TPSA) is 20.3 Å². The van der Waals surface area contributed by atoms with Gasteiger partial charge in [0, 0.05) is 22.9 Å².